The topological polar surface area (TPSA) is 107 Å². The van der Waals surface area contributed by atoms with Gasteiger partial charge in [-0.15, -0.1) is 0 Å². The van der Waals surface area contributed by atoms with E-state index in [2.05, 4.69) is 30.0 Å². The molecule has 0 aliphatic carbocycles. The fourth-order valence-electron chi connectivity index (χ4n) is 3.67. The molecule has 2 aliphatic rings. The number of anilines is 2. The number of nitrogens with two attached hydrogens (primary N) is 1. The van der Waals surface area contributed by atoms with E-state index in [9.17, 15) is 5.11 Å². The molecular formula is C15H23N7OS. The number of rotatable bonds is 2. The lowest BCUT2D eigenvalue weighted by Crippen LogP contribution is -2.42. The number of H-pyrrole nitrogens is 1. The summed E-state index contributed by atoms with van der Waals surface area (Å²) in [5, 5.41) is 18.3. The zero-order valence-corrected chi connectivity index (χ0v) is 14.4. The van der Waals surface area contributed by atoms with E-state index in [0.717, 1.165) is 30.8 Å². The molecule has 8 nitrogen and oxygen atoms in total. The van der Waals surface area contributed by atoms with Crippen LogP contribution in [0.1, 0.15) is 12.8 Å². The first-order valence-corrected chi connectivity index (χ1v) is 9.57. The molecule has 0 bridgehead atoms. The van der Waals surface area contributed by atoms with Gasteiger partial charge in [0.25, 0.3) is 0 Å². The van der Waals surface area contributed by atoms with E-state index in [1.54, 1.807) is 6.20 Å². The lowest BCUT2D eigenvalue weighted by atomic mass is 10.1. The summed E-state index contributed by atoms with van der Waals surface area (Å²) in [5.41, 5.74) is 6.47. The maximum atomic E-state index is 10.5. The van der Waals surface area contributed by atoms with Crippen LogP contribution in [0.2, 0.25) is 0 Å². The van der Waals surface area contributed by atoms with Crippen LogP contribution in [-0.2, 0) is 0 Å². The predicted molar refractivity (Wildman–Crippen MR) is 96.2 cm³/mol. The largest absolute Gasteiger partial charge is 0.390 e. The predicted octanol–water partition coefficient (Wildman–Crippen LogP) is 0.314. The van der Waals surface area contributed by atoms with Gasteiger partial charge in [0.15, 0.2) is 5.65 Å². The Hall–Kier alpha value is -1.58. The molecule has 0 spiro atoms. The zero-order valence-electron chi connectivity index (χ0n) is 13.6. The minimum atomic E-state index is -0.403. The molecule has 2 aliphatic heterocycles. The van der Waals surface area contributed by atoms with Gasteiger partial charge in [0, 0.05) is 32.2 Å². The third-order valence-electron chi connectivity index (χ3n) is 4.85. The van der Waals surface area contributed by atoms with Gasteiger partial charge in [0.05, 0.1) is 17.7 Å². The second kappa shape index (κ2) is 6.73. The normalized spacial score (nSPS) is 24.4. The molecule has 2 fully saturated rings. The highest BCUT2D eigenvalue weighted by molar-refractivity contribution is 7.99. The number of aromatic amines is 1. The van der Waals surface area contributed by atoms with Crippen molar-refractivity contribution in [3.8, 4) is 0 Å². The number of hydrogen-bond acceptors (Lipinski definition) is 8. The number of nitrogens with one attached hydrogen (secondary N) is 1. The minimum absolute atomic E-state index is 0.224. The summed E-state index contributed by atoms with van der Waals surface area (Å²) in [7, 11) is 0. The van der Waals surface area contributed by atoms with Gasteiger partial charge in [-0.2, -0.15) is 26.8 Å². The first-order valence-electron chi connectivity index (χ1n) is 8.42. The third kappa shape index (κ3) is 3.15. The van der Waals surface area contributed by atoms with Gasteiger partial charge in [-0.25, -0.2) is 0 Å². The summed E-state index contributed by atoms with van der Waals surface area (Å²) in [5.74, 6) is 3.42. The van der Waals surface area contributed by atoms with Crippen molar-refractivity contribution in [3.05, 3.63) is 6.20 Å². The Bertz CT molecular complexity index is 702. The van der Waals surface area contributed by atoms with Crippen LogP contribution < -0.4 is 10.6 Å². The molecule has 0 radical (unpaired) electrons. The van der Waals surface area contributed by atoms with Gasteiger partial charge in [0.2, 0.25) is 5.95 Å². The highest BCUT2D eigenvalue weighted by Gasteiger charge is 2.29. The smallest absolute Gasteiger partial charge is 0.224 e. The lowest BCUT2D eigenvalue weighted by Gasteiger charge is -2.33. The Morgan fingerprint density at radius 2 is 2.04 bits per heavy atom. The minimum Gasteiger partial charge on any atom is -0.390 e. The molecule has 4 N–H and O–H groups in total. The molecule has 0 saturated carbocycles. The van der Waals surface area contributed by atoms with Crippen molar-refractivity contribution in [2.75, 3.05) is 48.3 Å². The summed E-state index contributed by atoms with van der Waals surface area (Å²) in [6.07, 6.45) is 3.74. The van der Waals surface area contributed by atoms with Crippen LogP contribution in [0.4, 0.5) is 11.8 Å². The number of aromatic nitrogens is 4. The van der Waals surface area contributed by atoms with Crippen molar-refractivity contribution >= 4 is 34.6 Å². The molecule has 2 aromatic heterocycles. The number of hydrogen-bond donors (Lipinski definition) is 3. The molecule has 0 aromatic carbocycles. The summed E-state index contributed by atoms with van der Waals surface area (Å²) in [6.45, 7) is 3.02. The van der Waals surface area contributed by atoms with Crippen molar-refractivity contribution in [3.63, 3.8) is 0 Å². The average Bonchev–Trinajstić information content (AvgIpc) is 2.96. The number of thioether (sulfide) groups is 1. The molecule has 24 heavy (non-hydrogen) atoms. The Morgan fingerprint density at radius 1 is 1.21 bits per heavy atom. The van der Waals surface area contributed by atoms with Gasteiger partial charge >= 0.3 is 0 Å². The number of nitrogen functional groups attached to an aromatic ring is 1. The maximum absolute atomic E-state index is 10.5. The first-order chi connectivity index (χ1) is 11.7. The van der Waals surface area contributed by atoms with E-state index in [1.807, 2.05) is 11.8 Å². The molecule has 1 unspecified atom stereocenters. The summed E-state index contributed by atoms with van der Waals surface area (Å²) in [6, 6.07) is 0.588. The Kier molecular flexibility index (Phi) is 4.47. The zero-order chi connectivity index (χ0) is 16.5. The highest BCUT2D eigenvalue weighted by Crippen LogP contribution is 2.26. The molecule has 130 valence electrons. The quantitative estimate of drug-likeness (QED) is 0.711. The fourth-order valence-corrected chi connectivity index (χ4v) is 4.75. The molecule has 1 atom stereocenters. The molecule has 2 saturated heterocycles. The van der Waals surface area contributed by atoms with Gasteiger partial charge in [0.1, 0.15) is 5.82 Å². The Labute approximate surface area is 144 Å². The second-order valence-corrected chi connectivity index (χ2v) is 7.70. The SMILES string of the molecule is Nc1nc(N2CCN(C3CCSCC3)CC(O)C2)c2cn[nH]c2n1. The number of aliphatic hydroxyl groups excluding tert-OH is 1. The molecule has 2 aromatic rings. The third-order valence-corrected chi connectivity index (χ3v) is 5.90. The fraction of sp³-hybridized carbons (Fsp3) is 0.667. The van der Waals surface area contributed by atoms with E-state index < -0.39 is 6.10 Å². The number of nitrogens with zero attached hydrogens (tertiary/aromatic N) is 5. The van der Waals surface area contributed by atoms with Crippen molar-refractivity contribution in [1.82, 2.24) is 25.1 Å². The first kappa shape index (κ1) is 15.9. The van der Waals surface area contributed by atoms with Crippen LogP contribution in [0.15, 0.2) is 6.20 Å². The molecule has 4 heterocycles. The van der Waals surface area contributed by atoms with Crippen LogP contribution in [0.25, 0.3) is 11.0 Å². The van der Waals surface area contributed by atoms with Gasteiger partial charge in [-0.05, 0) is 24.3 Å². The molecule has 4 rings (SSSR count). The second-order valence-electron chi connectivity index (χ2n) is 6.48. The van der Waals surface area contributed by atoms with Crippen molar-refractivity contribution in [1.29, 1.82) is 0 Å². The molecule has 9 heteroatoms. The van der Waals surface area contributed by atoms with Crippen molar-refractivity contribution < 1.29 is 5.11 Å². The molecule has 0 amide bonds. The van der Waals surface area contributed by atoms with Gasteiger partial charge < -0.3 is 15.7 Å². The molecular weight excluding hydrogens is 326 g/mol. The van der Waals surface area contributed by atoms with E-state index >= 15 is 0 Å². The van der Waals surface area contributed by atoms with Gasteiger partial charge in [-0.3, -0.25) is 10.00 Å². The van der Waals surface area contributed by atoms with E-state index in [-0.39, 0.29) is 5.95 Å². The summed E-state index contributed by atoms with van der Waals surface area (Å²) in [4.78, 5) is 13.1. The van der Waals surface area contributed by atoms with Crippen LogP contribution >= 0.6 is 11.8 Å². The van der Waals surface area contributed by atoms with Gasteiger partial charge in [-0.1, -0.05) is 0 Å². The number of aliphatic hydroxyl groups is 1. The average molecular weight is 349 g/mol. The maximum Gasteiger partial charge on any atom is 0.224 e. The van der Waals surface area contributed by atoms with E-state index in [4.69, 9.17) is 5.73 Å². The Balaban J connectivity index is 1.57. The van der Waals surface area contributed by atoms with Crippen molar-refractivity contribution in [2.24, 2.45) is 0 Å². The monoisotopic (exact) mass is 349 g/mol. The van der Waals surface area contributed by atoms with Crippen molar-refractivity contribution in [2.45, 2.75) is 25.0 Å². The van der Waals surface area contributed by atoms with Crippen LogP contribution in [0.3, 0.4) is 0 Å². The van der Waals surface area contributed by atoms with E-state index in [1.165, 1.54) is 24.3 Å². The van der Waals surface area contributed by atoms with E-state index in [0.29, 0.717) is 18.2 Å². The Morgan fingerprint density at radius 3 is 2.88 bits per heavy atom. The number of β-amino-alcohol motifs (C(OH)–C–C–N with tert-alkyl or cyclic N) is 1. The van der Waals surface area contributed by atoms with Crippen LogP contribution in [0, 0.1) is 0 Å². The lowest BCUT2D eigenvalue weighted by molar-refractivity contribution is 0.103. The highest BCUT2D eigenvalue weighted by atomic mass is 32.2. The standard InChI is InChI=1S/C15H23N7OS/c16-15-18-13-12(7-17-20-13)14(19-15)22-4-3-21(8-11(23)9-22)10-1-5-24-6-2-10/h7,10-11,23H,1-6,8-9H2,(H3,16,17,18,19,20). The summed E-state index contributed by atoms with van der Waals surface area (Å²) < 4.78 is 0. The number of fused-ring (bicyclic) bond motifs is 1. The van der Waals surface area contributed by atoms with Crippen LogP contribution in [-0.4, -0.2) is 80.0 Å². The summed E-state index contributed by atoms with van der Waals surface area (Å²) >= 11 is 2.03. The van der Waals surface area contributed by atoms with Crippen LogP contribution in [0.5, 0.6) is 0 Å².